The fraction of sp³-hybridized carbons (Fsp3) is 0.280. The molecule has 1 fully saturated rings. The molecule has 0 spiro atoms. The lowest BCUT2D eigenvalue weighted by atomic mass is 9.96. The van der Waals surface area contributed by atoms with Crippen LogP contribution in [-0.2, 0) is 21.4 Å². The van der Waals surface area contributed by atoms with Crippen molar-refractivity contribution in [3.8, 4) is 0 Å². The van der Waals surface area contributed by atoms with Crippen molar-refractivity contribution in [3.05, 3.63) is 77.8 Å². The minimum Gasteiger partial charge on any atom is -0.467 e. The van der Waals surface area contributed by atoms with Crippen LogP contribution in [0, 0.1) is 24.5 Å². The number of halogens is 2. The molecule has 3 heterocycles. The van der Waals surface area contributed by atoms with Crippen LogP contribution < -0.4 is 4.90 Å². The molecule has 1 amide bonds. The minimum absolute atomic E-state index is 0.0886. The van der Waals surface area contributed by atoms with Gasteiger partial charge in [0, 0.05) is 19.0 Å². The summed E-state index contributed by atoms with van der Waals surface area (Å²) in [5.74, 6) is -2.31. The quantitative estimate of drug-likeness (QED) is 0.345. The first-order valence-electron chi connectivity index (χ1n) is 11.4. The number of furan rings is 1. The monoisotopic (exact) mass is 531 g/mol. The van der Waals surface area contributed by atoms with Crippen molar-refractivity contribution in [1.82, 2.24) is 9.29 Å². The number of benzene rings is 2. The normalized spacial score (nSPS) is 15.4. The number of carbonyl (C=O) groups excluding carboxylic acids is 1. The fourth-order valence-corrected chi connectivity index (χ4v) is 6.87. The van der Waals surface area contributed by atoms with E-state index in [1.165, 1.54) is 15.6 Å². The number of amides is 1. The van der Waals surface area contributed by atoms with Crippen LogP contribution in [0.3, 0.4) is 0 Å². The molecule has 2 aromatic carbocycles. The van der Waals surface area contributed by atoms with Crippen LogP contribution in [-0.4, -0.2) is 36.7 Å². The van der Waals surface area contributed by atoms with Gasteiger partial charge in [0.25, 0.3) is 0 Å². The van der Waals surface area contributed by atoms with Gasteiger partial charge in [0.15, 0.2) is 16.8 Å². The molecule has 0 bridgehead atoms. The second-order valence-corrected chi connectivity index (χ2v) is 11.6. The number of aryl methyl sites for hydroxylation is 1. The zero-order chi connectivity index (χ0) is 25.4. The fourth-order valence-electron chi connectivity index (χ4n) is 4.34. The number of nitrogens with zero attached hydrogens (tertiary/aromatic N) is 3. The Hall–Kier alpha value is -3.15. The maximum absolute atomic E-state index is 13.7. The van der Waals surface area contributed by atoms with Gasteiger partial charge in [-0.2, -0.15) is 4.31 Å². The predicted molar refractivity (Wildman–Crippen MR) is 132 cm³/mol. The third-order valence-electron chi connectivity index (χ3n) is 6.33. The van der Waals surface area contributed by atoms with E-state index in [0.717, 1.165) is 27.9 Å². The number of anilines is 1. The molecule has 7 nitrogen and oxygen atoms in total. The van der Waals surface area contributed by atoms with Crippen LogP contribution in [0.1, 0.15) is 24.2 Å². The lowest BCUT2D eigenvalue weighted by Gasteiger charge is -2.32. The van der Waals surface area contributed by atoms with E-state index in [1.807, 2.05) is 25.1 Å². The van der Waals surface area contributed by atoms with Crippen LogP contribution in [0.15, 0.2) is 64.1 Å². The molecular weight excluding hydrogens is 508 g/mol. The predicted octanol–water partition coefficient (Wildman–Crippen LogP) is 5.11. The smallest absolute Gasteiger partial charge is 0.243 e. The van der Waals surface area contributed by atoms with Gasteiger partial charge in [-0.1, -0.05) is 23.5 Å². The summed E-state index contributed by atoms with van der Waals surface area (Å²) in [4.78, 5) is 19.7. The average molecular weight is 532 g/mol. The molecule has 4 aromatic rings. The van der Waals surface area contributed by atoms with E-state index >= 15 is 0 Å². The summed E-state index contributed by atoms with van der Waals surface area (Å²) >= 11 is 1.42. The molecule has 1 saturated heterocycles. The van der Waals surface area contributed by atoms with E-state index in [2.05, 4.69) is 0 Å². The SMILES string of the molecule is Cc1cccc2sc(N(Cc3ccco3)C(=O)C3CCN(S(=O)(=O)c4ccc(F)c(F)c4)CC3)nc12. The molecule has 36 heavy (non-hydrogen) atoms. The van der Waals surface area contributed by atoms with E-state index in [4.69, 9.17) is 9.40 Å². The first kappa shape index (κ1) is 24.5. The number of thiazole rings is 1. The largest absolute Gasteiger partial charge is 0.467 e. The number of rotatable bonds is 6. The van der Waals surface area contributed by atoms with E-state index in [0.29, 0.717) is 29.8 Å². The van der Waals surface area contributed by atoms with Crippen LogP contribution in [0.25, 0.3) is 10.2 Å². The molecule has 5 rings (SSSR count). The first-order valence-corrected chi connectivity index (χ1v) is 13.6. The van der Waals surface area contributed by atoms with E-state index in [9.17, 15) is 22.0 Å². The molecule has 0 unspecified atom stereocenters. The van der Waals surface area contributed by atoms with Crippen molar-refractivity contribution in [2.75, 3.05) is 18.0 Å². The van der Waals surface area contributed by atoms with Crippen molar-refractivity contribution < 1.29 is 26.4 Å². The Morgan fingerprint density at radius 2 is 1.92 bits per heavy atom. The molecule has 0 saturated carbocycles. The van der Waals surface area contributed by atoms with Crippen LogP contribution >= 0.6 is 11.3 Å². The van der Waals surface area contributed by atoms with Gasteiger partial charge in [-0.3, -0.25) is 9.69 Å². The highest BCUT2D eigenvalue weighted by molar-refractivity contribution is 7.89. The molecule has 0 N–H and O–H groups in total. The Balaban J connectivity index is 1.36. The number of hydrogen-bond donors (Lipinski definition) is 0. The van der Waals surface area contributed by atoms with Gasteiger partial charge in [-0.15, -0.1) is 0 Å². The van der Waals surface area contributed by atoms with Gasteiger partial charge < -0.3 is 4.42 Å². The van der Waals surface area contributed by atoms with Crippen LogP contribution in [0.5, 0.6) is 0 Å². The number of fused-ring (bicyclic) bond motifs is 1. The van der Waals surface area contributed by atoms with Crippen LogP contribution in [0.2, 0.25) is 0 Å². The van der Waals surface area contributed by atoms with Gasteiger partial charge >= 0.3 is 0 Å². The summed E-state index contributed by atoms with van der Waals surface area (Å²) in [6, 6.07) is 11.9. The number of para-hydroxylation sites is 1. The number of carbonyl (C=O) groups is 1. The first-order chi connectivity index (χ1) is 17.2. The summed E-state index contributed by atoms with van der Waals surface area (Å²) < 4.78 is 60.5. The maximum Gasteiger partial charge on any atom is 0.243 e. The van der Waals surface area contributed by atoms with Crippen LogP contribution in [0.4, 0.5) is 13.9 Å². The second-order valence-electron chi connectivity index (χ2n) is 8.68. The van der Waals surface area contributed by atoms with E-state index < -0.39 is 27.6 Å². The molecule has 2 aromatic heterocycles. The number of hydrogen-bond acceptors (Lipinski definition) is 6. The highest BCUT2D eigenvalue weighted by Crippen LogP contribution is 2.34. The molecule has 188 valence electrons. The highest BCUT2D eigenvalue weighted by Gasteiger charge is 2.35. The number of sulfonamides is 1. The summed E-state index contributed by atoms with van der Waals surface area (Å²) in [5, 5.41) is 0.553. The Morgan fingerprint density at radius 1 is 1.14 bits per heavy atom. The number of aromatic nitrogens is 1. The Kier molecular flexibility index (Phi) is 6.62. The topological polar surface area (TPSA) is 83.7 Å². The Morgan fingerprint density at radius 3 is 2.58 bits per heavy atom. The lowest BCUT2D eigenvalue weighted by molar-refractivity contribution is -0.123. The van der Waals surface area contributed by atoms with E-state index in [-0.39, 0.29) is 30.4 Å². The summed E-state index contributed by atoms with van der Waals surface area (Å²) in [6.07, 6.45) is 2.13. The third kappa shape index (κ3) is 4.65. The van der Waals surface area contributed by atoms with Gasteiger partial charge in [0.05, 0.1) is 27.9 Å². The standard InChI is InChI=1S/C25H23F2N3O4S2/c1-16-4-2-6-22-23(16)28-25(35-22)30(15-18-5-3-13-34-18)24(31)17-9-11-29(12-10-17)36(32,33)19-7-8-20(26)21(27)14-19/h2-8,13-14,17H,9-12,15H2,1H3. The molecule has 0 atom stereocenters. The van der Waals surface area contributed by atoms with Gasteiger partial charge in [-0.05, 0) is 61.7 Å². The minimum atomic E-state index is -4.01. The summed E-state index contributed by atoms with van der Waals surface area (Å²) in [5.41, 5.74) is 1.85. The van der Waals surface area contributed by atoms with Crippen molar-refractivity contribution in [1.29, 1.82) is 0 Å². The second kappa shape index (κ2) is 9.72. The lowest BCUT2D eigenvalue weighted by Crippen LogP contribution is -2.44. The molecular formula is C25H23F2N3O4S2. The van der Waals surface area contributed by atoms with E-state index in [1.54, 1.807) is 23.3 Å². The number of piperidine rings is 1. The molecule has 1 aliphatic rings. The summed E-state index contributed by atoms with van der Waals surface area (Å²) in [7, 11) is -4.01. The third-order valence-corrected chi connectivity index (χ3v) is 9.27. The van der Waals surface area contributed by atoms with Gasteiger partial charge in [0.2, 0.25) is 15.9 Å². The summed E-state index contributed by atoms with van der Waals surface area (Å²) in [6.45, 7) is 2.35. The van der Waals surface area contributed by atoms with Crippen molar-refractivity contribution in [3.63, 3.8) is 0 Å². The Bertz CT molecular complexity index is 1510. The van der Waals surface area contributed by atoms with Crippen molar-refractivity contribution in [2.45, 2.75) is 31.2 Å². The highest BCUT2D eigenvalue weighted by atomic mass is 32.2. The van der Waals surface area contributed by atoms with Crippen molar-refractivity contribution in [2.24, 2.45) is 5.92 Å². The van der Waals surface area contributed by atoms with Gasteiger partial charge in [0.1, 0.15) is 5.76 Å². The van der Waals surface area contributed by atoms with Crippen molar-refractivity contribution >= 4 is 42.6 Å². The Labute approximate surface area is 211 Å². The molecule has 1 aliphatic heterocycles. The zero-order valence-electron chi connectivity index (χ0n) is 19.4. The molecule has 11 heteroatoms. The molecule has 0 aliphatic carbocycles. The van der Waals surface area contributed by atoms with Gasteiger partial charge in [-0.25, -0.2) is 22.2 Å². The average Bonchev–Trinajstić information content (AvgIpc) is 3.54. The zero-order valence-corrected chi connectivity index (χ0v) is 21.0. The maximum atomic E-state index is 13.7. The molecule has 0 radical (unpaired) electrons.